The minimum atomic E-state index is -0.744. The Morgan fingerprint density at radius 2 is 1.72 bits per heavy atom. The molecule has 0 aromatic heterocycles. The number of aryl methyl sites for hydroxylation is 2. The SMILES string of the molecule is CCCOc1ccc(/C(O)=C2/C(=O)C(=O)N(c3ccc(C(C)C)cc3)C2c2cccc(C)c2)cc1C. The van der Waals surface area contributed by atoms with Crippen LogP contribution in [0, 0.1) is 13.8 Å². The number of amides is 1. The number of aliphatic hydroxyl groups is 1. The van der Waals surface area contributed by atoms with Gasteiger partial charge in [0, 0.05) is 11.3 Å². The predicted molar refractivity (Wildman–Crippen MR) is 143 cm³/mol. The van der Waals surface area contributed by atoms with Crippen molar-refractivity contribution in [3.63, 3.8) is 0 Å². The number of carbonyl (C=O) groups excluding carboxylic acids is 2. The van der Waals surface area contributed by atoms with Crippen molar-refractivity contribution < 1.29 is 19.4 Å². The minimum Gasteiger partial charge on any atom is -0.507 e. The first-order valence-electron chi connectivity index (χ1n) is 12.4. The van der Waals surface area contributed by atoms with E-state index in [9.17, 15) is 14.7 Å². The second-order valence-corrected chi connectivity index (χ2v) is 9.66. The van der Waals surface area contributed by atoms with Crippen molar-refractivity contribution in [3.8, 4) is 5.75 Å². The summed E-state index contributed by atoms with van der Waals surface area (Å²) in [5.74, 6) is -0.467. The Morgan fingerprint density at radius 1 is 1.00 bits per heavy atom. The fourth-order valence-corrected chi connectivity index (χ4v) is 4.60. The summed E-state index contributed by atoms with van der Waals surface area (Å²) in [7, 11) is 0. The van der Waals surface area contributed by atoms with E-state index in [0.717, 1.165) is 34.4 Å². The molecule has 1 unspecified atom stereocenters. The van der Waals surface area contributed by atoms with Crippen molar-refractivity contribution >= 4 is 23.1 Å². The molecule has 36 heavy (non-hydrogen) atoms. The molecule has 0 spiro atoms. The topological polar surface area (TPSA) is 66.8 Å². The van der Waals surface area contributed by atoms with Crippen LogP contribution in [-0.2, 0) is 9.59 Å². The zero-order valence-corrected chi connectivity index (χ0v) is 21.5. The molecule has 1 amide bonds. The zero-order valence-electron chi connectivity index (χ0n) is 21.5. The number of Topliss-reactive ketones (excluding diaryl/α,β-unsaturated/α-hetero) is 1. The Hall–Kier alpha value is -3.86. The van der Waals surface area contributed by atoms with Gasteiger partial charge in [0.2, 0.25) is 0 Å². The molecule has 4 rings (SSSR count). The largest absolute Gasteiger partial charge is 0.507 e. The first-order valence-corrected chi connectivity index (χ1v) is 12.4. The predicted octanol–water partition coefficient (Wildman–Crippen LogP) is 6.84. The van der Waals surface area contributed by atoms with Gasteiger partial charge in [0.05, 0.1) is 18.2 Å². The number of rotatable bonds is 7. The molecule has 1 heterocycles. The molecule has 3 aromatic rings. The summed E-state index contributed by atoms with van der Waals surface area (Å²) in [4.78, 5) is 28.3. The monoisotopic (exact) mass is 483 g/mol. The number of ether oxygens (including phenoxy) is 1. The summed E-state index contributed by atoms with van der Waals surface area (Å²) >= 11 is 0. The molecule has 0 aliphatic carbocycles. The molecule has 5 heteroatoms. The Morgan fingerprint density at radius 3 is 2.33 bits per heavy atom. The molecule has 5 nitrogen and oxygen atoms in total. The van der Waals surface area contributed by atoms with Gasteiger partial charge in [-0.15, -0.1) is 0 Å². The molecular formula is C31H33NO4. The van der Waals surface area contributed by atoms with Gasteiger partial charge in [-0.3, -0.25) is 14.5 Å². The van der Waals surface area contributed by atoms with Crippen molar-refractivity contribution in [2.24, 2.45) is 0 Å². The van der Waals surface area contributed by atoms with Crippen LogP contribution < -0.4 is 9.64 Å². The quantitative estimate of drug-likeness (QED) is 0.227. The summed E-state index contributed by atoms with van der Waals surface area (Å²) in [5, 5.41) is 11.4. The third-order valence-electron chi connectivity index (χ3n) is 6.55. The van der Waals surface area contributed by atoms with Gasteiger partial charge in [-0.05, 0) is 73.2 Å². The van der Waals surface area contributed by atoms with E-state index >= 15 is 0 Å². The number of anilines is 1. The van der Waals surface area contributed by atoms with Crippen LogP contribution >= 0.6 is 0 Å². The maximum Gasteiger partial charge on any atom is 0.300 e. The van der Waals surface area contributed by atoms with Crippen LogP contribution in [0.4, 0.5) is 5.69 Å². The molecule has 1 fully saturated rings. The van der Waals surface area contributed by atoms with Crippen molar-refractivity contribution in [1.29, 1.82) is 0 Å². The number of carbonyl (C=O) groups is 2. The molecule has 1 aliphatic rings. The average molecular weight is 484 g/mol. The van der Waals surface area contributed by atoms with Crippen LogP contribution in [0.3, 0.4) is 0 Å². The summed E-state index contributed by atoms with van der Waals surface area (Å²) < 4.78 is 5.76. The van der Waals surface area contributed by atoms with Crippen LogP contribution in [-0.4, -0.2) is 23.4 Å². The van der Waals surface area contributed by atoms with E-state index in [-0.39, 0.29) is 11.3 Å². The minimum absolute atomic E-state index is 0.0835. The first kappa shape index (κ1) is 25.2. The number of benzene rings is 3. The van der Waals surface area contributed by atoms with Gasteiger partial charge in [0.1, 0.15) is 11.5 Å². The van der Waals surface area contributed by atoms with E-state index in [1.165, 1.54) is 4.90 Å². The second kappa shape index (κ2) is 10.4. The molecule has 3 aromatic carbocycles. The smallest absolute Gasteiger partial charge is 0.300 e. The fourth-order valence-electron chi connectivity index (χ4n) is 4.60. The lowest BCUT2D eigenvalue weighted by Gasteiger charge is -2.26. The highest BCUT2D eigenvalue weighted by Crippen LogP contribution is 2.42. The molecule has 1 N–H and O–H groups in total. The highest BCUT2D eigenvalue weighted by atomic mass is 16.5. The van der Waals surface area contributed by atoms with E-state index in [2.05, 4.69) is 13.8 Å². The van der Waals surface area contributed by atoms with Crippen molar-refractivity contribution in [1.82, 2.24) is 0 Å². The summed E-state index contributed by atoms with van der Waals surface area (Å²) in [6, 6.07) is 20.0. The van der Waals surface area contributed by atoms with E-state index in [4.69, 9.17) is 4.74 Å². The van der Waals surface area contributed by atoms with Crippen LogP contribution in [0.2, 0.25) is 0 Å². The Labute approximate surface area is 213 Å². The van der Waals surface area contributed by atoms with Crippen LogP contribution in [0.1, 0.15) is 67.0 Å². The fraction of sp³-hybridized carbons (Fsp3) is 0.290. The summed E-state index contributed by atoms with van der Waals surface area (Å²) in [6.07, 6.45) is 0.888. The van der Waals surface area contributed by atoms with Gasteiger partial charge in [-0.1, -0.05) is 62.7 Å². The van der Waals surface area contributed by atoms with Crippen molar-refractivity contribution in [2.75, 3.05) is 11.5 Å². The van der Waals surface area contributed by atoms with Crippen LogP contribution in [0.5, 0.6) is 5.75 Å². The van der Waals surface area contributed by atoms with Gasteiger partial charge < -0.3 is 9.84 Å². The zero-order chi connectivity index (χ0) is 26.0. The Balaban J connectivity index is 1.86. The summed E-state index contributed by atoms with van der Waals surface area (Å²) in [5.41, 5.74) is 4.93. The number of nitrogens with zero attached hydrogens (tertiary/aromatic N) is 1. The van der Waals surface area contributed by atoms with Gasteiger partial charge >= 0.3 is 0 Å². The molecule has 1 atom stereocenters. The Bertz CT molecular complexity index is 1320. The van der Waals surface area contributed by atoms with Gasteiger partial charge in [-0.25, -0.2) is 0 Å². The third kappa shape index (κ3) is 4.78. The molecule has 0 bridgehead atoms. The van der Waals surface area contributed by atoms with Crippen LogP contribution in [0.25, 0.3) is 5.76 Å². The number of ketones is 1. The number of hydrogen-bond donors (Lipinski definition) is 1. The molecular weight excluding hydrogens is 450 g/mol. The normalized spacial score (nSPS) is 17.2. The summed E-state index contributed by atoms with van der Waals surface area (Å²) in [6.45, 7) is 10.7. The molecule has 1 aliphatic heterocycles. The number of hydrogen-bond acceptors (Lipinski definition) is 4. The highest BCUT2D eigenvalue weighted by molar-refractivity contribution is 6.51. The molecule has 0 saturated carbocycles. The van der Waals surface area contributed by atoms with E-state index in [0.29, 0.717) is 23.8 Å². The maximum absolute atomic E-state index is 13.4. The lowest BCUT2D eigenvalue weighted by molar-refractivity contribution is -0.132. The van der Waals surface area contributed by atoms with Crippen LogP contribution in [0.15, 0.2) is 72.3 Å². The highest BCUT2D eigenvalue weighted by Gasteiger charge is 2.47. The van der Waals surface area contributed by atoms with E-state index < -0.39 is 17.7 Å². The standard InChI is InChI=1S/C31H33NO4/c1-6-16-36-26-15-12-24(18-21(26)5)29(33)27-28(23-9-7-8-20(4)17-23)32(31(35)30(27)34)25-13-10-22(11-14-25)19(2)3/h7-15,17-19,28,33H,6,16H2,1-5H3/b29-27-. The average Bonchev–Trinajstić information content (AvgIpc) is 3.13. The third-order valence-corrected chi connectivity index (χ3v) is 6.55. The van der Waals surface area contributed by atoms with E-state index in [1.54, 1.807) is 18.2 Å². The van der Waals surface area contributed by atoms with Gasteiger partial charge in [0.25, 0.3) is 11.7 Å². The first-order chi connectivity index (χ1) is 17.2. The molecule has 1 saturated heterocycles. The van der Waals surface area contributed by atoms with Crippen molar-refractivity contribution in [3.05, 3.63) is 100 Å². The number of aliphatic hydroxyl groups excluding tert-OH is 1. The van der Waals surface area contributed by atoms with Crippen molar-refractivity contribution in [2.45, 2.75) is 53.0 Å². The lowest BCUT2D eigenvalue weighted by Crippen LogP contribution is -2.29. The molecule has 186 valence electrons. The second-order valence-electron chi connectivity index (χ2n) is 9.66. The maximum atomic E-state index is 13.4. The Kier molecular flexibility index (Phi) is 7.30. The van der Waals surface area contributed by atoms with Gasteiger partial charge in [-0.2, -0.15) is 0 Å². The molecule has 0 radical (unpaired) electrons. The lowest BCUT2D eigenvalue weighted by atomic mass is 9.93. The van der Waals surface area contributed by atoms with E-state index in [1.807, 2.05) is 69.3 Å². The van der Waals surface area contributed by atoms with Gasteiger partial charge in [0.15, 0.2) is 0 Å².